The molecule has 0 saturated heterocycles. The molecule has 15 heavy (non-hydrogen) atoms. The fraction of sp³-hybridized carbons (Fsp3) is 1.00. The van der Waals surface area contributed by atoms with Crippen LogP contribution in [0.2, 0.25) is 0 Å². The van der Waals surface area contributed by atoms with Gasteiger partial charge in [-0.25, -0.2) is 0 Å². The van der Waals surface area contributed by atoms with Crippen LogP contribution in [0.5, 0.6) is 0 Å². The summed E-state index contributed by atoms with van der Waals surface area (Å²) >= 11 is 0. The zero-order valence-electron chi connectivity index (χ0n) is 9.49. The lowest BCUT2D eigenvalue weighted by Crippen LogP contribution is -2.38. The monoisotopic (exact) mass is 209 g/mol. The zero-order valence-corrected chi connectivity index (χ0v) is 9.49. The second-order valence-corrected chi connectivity index (χ2v) is 5.95. The molecule has 2 N–H and O–H groups in total. The summed E-state index contributed by atoms with van der Waals surface area (Å²) in [6.45, 7) is 1.06. The summed E-state index contributed by atoms with van der Waals surface area (Å²) in [4.78, 5) is 0. The van der Waals surface area contributed by atoms with Gasteiger partial charge in [-0.3, -0.25) is 0 Å². The average Bonchev–Trinajstić information content (AvgIpc) is 2.90. The standard InChI is InChI=1S/C13H23NO/c15-13-3-1-2-11(13)8-14-12-7-9-4-5-10(12)6-9/h9-15H,1-8H2. The molecule has 3 rings (SSSR count). The van der Waals surface area contributed by atoms with E-state index >= 15 is 0 Å². The molecule has 0 aliphatic heterocycles. The van der Waals surface area contributed by atoms with E-state index in [4.69, 9.17) is 0 Å². The molecule has 0 spiro atoms. The van der Waals surface area contributed by atoms with Crippen molar-refractivity contribution in [1.82, 2.24) is 5.32 Å². The number of hydrogen-bond acceptors (Lipinski definition) is 2. The SMILES string of the molecule is OC1CCCC1CNC1CC2CCC1C2. The normalized spacial score (nSPS) is 49.0. The summed E-state index contributed by atoms with van der Waals surface area (Å²) in [6.07, 6.45) is 9.29. The van der Waals surface area contributed by atoms with Crippen LogP contribution in [0.4, 0.5) is 0 Å². The van der Waals surface area contributed by atoms with Crippen LogP contribution in [-0.2, 0) is 0 Å². The minimum Gasteiger partial charge on any atom is -0.393 e. The molecule has 2 heteroatoms. The molecular weight excluding hydrogens is 186 g/mol. The second-order valence-electron chi connectivity index (χ2n) is 5.95. The van der Waals surface area contributed by atoms with Crippen LogP contribution in [0, 0.1) is 17.8 Å². The van der Waals surface area contributed by atoms with Gasteiger partial charge in [-0.1, -0.05) is 12.8 Å². The molecule has 0 radical (unpaired) electrons. The summed E-state index contributed by atoms with van der Waals surface area (Å²) in [5.74, 6) is 2.54. The molecular formula is C13H23NO. The Kier molecular flexibility index (Phi) is 2.73. The van der Waals surface area contributed by atoms with Gasteiger partial charge in [0.2, 0.25) is 0 Å². The van der Waals surface area contributed by atoms with Gasteiger partial charge >= 0.3 is 0 Å². The van der Waals surface area contributed by atoms with E-state index in [1.54, 1.807) is 0 Å². The molecule has 3 fully saturated rings. The van der Waals surface area contributed by atoms with Crippen LogP contribution in [0.1, 0.15) is 44.9 Å². The molecule has 0 aromatic rings. The molecule has 0 heterocycles. The summed E-state index contributed by atoms with van der Waals surface area (Å²) in [6, 6.07) is 0.788. The van der Waals surface area contributed by atoms with Gasteiger partial charge in [0.1, 0.15) is 0 Å². The Labute approximate surface area is 92.4 Å². The lowest BCUT2D eigenvalue weighted by molar-refractivity contribution is 0.128. The highest BCUT2D eigenvalue weighted by molar-refractivity contribution is 4.94. The third kappa shape index (κ3) is 1.94. The van der Waals surface area contributed by atoms with E-state index in [-0.39, 0.29) is 6.10 Å². The maximum absolute atomic E-state index is 9.75. The average molecular weight is 209 g/mol. The number of hydrogen-bond donors (Lipinski definition) is 2. The Bertz CT molecular complexity index is 231. The van der Waals surface area contributed by atoms with Crippen molar-refractivity contribution in [3.8, 4) is 0 Å². The van der Waals surface area contributed by atoms with Crippen LogP contribution in [0.3, 0.4) is 0 Å². The van der Waals surface area contributed by atoms with Gasteiger partial charge < -0.3 is 10.4 Å². The molecule has 3 aliphatic rings. The van der Waals surface area contributed by atoms with E-state index in [0.717, 1.165) is 30.8 Å². The van der Waals surface area contributed by atoms with Gasteiger partial charge in [0.15, 0.2) is 0 Å². The first-order chi connectivity index (χ1) is 7.33. The highest BCUT2D eigenvalue weighted by atomic mass is 16.3. The fourth-order valence-corrected chi connectivity index (χ4v) is 4.05. The van der Waals surface area contributed by atoms with Crippen molar-refractivity contribution in [3.63, 3.8) is 0 Å². The first kappa shape index (κ1) is 10.1. The van der Waals surface area contributed by atoms with Gasteiger partial charge in [-0.15, -0.1) is 0 Å². The summed E-state index contributed by atoms with van der Waals surface area (Å²) in [7, 11) is 0. The van der Waals surface area contributed by atoms with Gasteiger partial charge in [0.05, 0.1) is 6.10 Å². The number of aliphatic hydroxyl groups is 1. The van der Waals surface area contributed by atoms with E-state index < -0.39 is 0 Å². The largest absolute Gasteiger partial charge is 0.393 e. The molecule has 0 amide bonds. The third-order valence-electron chi connectivity index (χ3n) is 5.00. The predicted molar refractivity (Wildman–Crippen MR) is 60.6 cm³/mol. The minimum absolute atomic E-state index is 0.0175. The zero-order chi connectivity index (χ0) is 10.3. The number of aliphatic hydroxyl groups excluding tert-OH is 1. The topological polar surface area (TPSA) is 32.3 Å². The molecule has 86 valence electrons. The maximum atomic E-state index is 9.75. The summed E-state index contributed by atoms with van der Waals surface area (Å²) in [5.41, 5.74) is 0. The van der Waals surface area contributed by atoms with Crippen LogP contribution < -0.4 is 5.32 Å². The van der Waals surface area contributed by atoms with Crippen molar-refractivity contribution in [3.05, 3.63) is 0 Å². The molecule has 3 aliphatic carbocycles. The van der Waals surface area contributed by atoms with Crippen LogP contribution in [-0.4, -0.2) is 23.8 Å². The van der Waals surface area contributed by atoms with Gasteiger partial charge in [-0.05, 0) is 49.9 Å². The van der Waals surface area contributed by atoms with E-state index in [2.05, 4.69) is 5.32 Å². The number of rotatable bonds is 3. The van der Waals surface area contributed by atoms with E-state index in [1.165, 1.54) is 38.5 Å². The fourth-order valence-electron chi connectivity index (χ4n) is 4.05. The van der Waals surface area contributed by atoms with Crippen LogP contribution in [0.15, 0.2) is 0 Å². The van der Waals surface area contributed by atoms with Gasteiger partial charge in [0, 0.05) is 12.6 Å². The van der Waals surface area contributed by atoms with E-state index in [9.17, 15) is 5.11 Å². The summed E-state index contributed by atoms with van der Waals surface area (Å²) in [5, 5.41) is 13.5. The quantitative estimate of drug-likeness (QED) is 0.744. The molecule has 3 saturated carbocycles. The van der Waals surface area contributed by atoms with Crippen molar-refractivity contribution < 1.29 is 5.11 Å². The smallest absolute Gasteiger partial charge is 0.0580 e. The molecule has 5 unspecified atom stereocenters. The molecule has 2 bridgehead atoms. The number of fused-ring (bicyclic) bond motifs is 2. The number of nitrogens with one attached hydrogen (secondary N) is 1. The van der Waals surface area contributed by atoms with E-state index in [1.807, 2.05) is 0 Å². The molecule has 0 aromatic carbocycles. The summed E-state index contributed by atoms with van der Waals surface area (Å²) < 4.78 is 0. The minimum atomic E-state index is -0.0175. The van der Waals surface area contributed by atoms with E-state index in [0.29, 0.717) is 5.92 Å². The highest BCUT2D eigenvalue weighted by Gasteiger charge is 2.39. The Balaban J connectivity index is 1.46. The van der Waals surface area contributed by atoms with Crippen molar-refractivity contribution >= 4 is 0 Å². The van der Waals surface area contributed by atoms with Gasteiger partial charge in [0.25, 0.3) is 0 Å². The van der Waals surface area contributed by atoms with Crippen molar-refractivity contribution in [2.45, 2.75) is 57.1 Å². The van der Waals surface area contributed by atoms with Crippen molar-refractivity contribution in [2.75, 3.05) is 6.54 Å². The lowest BCUT2D eigenvalue weighted by atomic mass is 9.94. The third-order valence-corrected chi connectivity index (χ3v) is 5.00. The van der Waals surface area contributed by atoms with Gasteiger partial charge in [-0.2, -0.15) is 0 Å². The Morgan fingerprint density at radius 2 is 2.00 bits per heavy atom. The maximum Gasteiger partial charge on any atom is 0.0580 e. The highest BCUT2D eigenvalue weighted by Crippen LogP contribution is 2.44. The first-order valence-corrected chi connectivity index (χ1v) is 6.74. The predicted octanol–water partition coefficient (Wildman–Crippen LogP) is 1.93. The first-order valence-electron chi connectivity index (χ1n) is 6.74. The van der Waals surface area contributed by atoms with Crippen molar-refractivity contribution in [2.24, 2.45) is 17.8 Å². The van der Waals surface area contributed by atoms with Crippen LogP contribution in [0.25, 0.3) is 0 Å². The Morgan fingerprint density at radius 3 is 2.60 bits per heavy atom. The van der Waals surface area contributed by atoms with Crippen molar-refractivity contribution in [1.29, 1.82) is 0 Å². The second kappa shape index (κ2) is 4.06. The van der Waals surface area contributed by atoms with Crippen LogP contribution >= 0.6 is 0 Å². The Morgan fingerprint density at radius 1 is 1.07 bits per heavy atom. The molecule has 2 nitrogen and oxygen atoms in total. The Hall–Kier alpha value is -0.0800. The molecule has 5 atom stereocenters. The lowest BCUT2D eigenvalue weighted by Gasteiger charge is -2.25. The molecule has 0 aromatic heterocycles.